The first-order chi connectivity index (χ1) is 17.6. The SMILES string of the molecule is CCc1ccc(CN2C(=S)NC(c3ccccc3)C(c3nc(-c4cccc(OC)c4)no3)=C2C)cc1. The minimum Gasteiger partial charge on any atom is -0.497 e. The van der Waals surface area contributed by atoms with Crippen molar-refractivity contribution in [3.8, 4) is 17.1 Å². The second-order valence-corrected chi connectivity index (χ2v) is 9.09. The number of methoxy groups -OCH3 is 1. The molecular weight excluding hydrogens is 468 g/mol. The number of benzene rings is 3. The topological polar surface area (TPSA) is 63.4 Å². The molecule has 1 aliphatic heterocycles. The van der Waals surface area contributed by atoms with Crippen molar-refractivity contribution in [1.82, 2.24) is 20.4 Å². The van der Waals surface area contributed by atoms with Gasteiger partial charge in [-0.3, -0.25) is 0 Å². The third-order valence-electron chi connectivity index (χ3n) is 6.49. The standard InChI is InChI=1S/C29H28N4O2S/c1-4-20-13-15-21(16-14-20)18-33-19(2)25(26(30-29(33)36)22-9-6-5-7-10-22)28-31-27(32-35-28)23-11-8-12-24(17-23)34-3/h5-17,26H,4,18H2,1-3H3,(H,30,36). The average Bonchev–Trinajstić information content (AvgIpc) is 3.41. The number of nitrogens with zero attached hydrogens (tertiary/aromatic N) is 3. The minimum absolute atomic E-state index is 0.212. The van der Waals surface area contributed by atoms with Gasteiger partial charge >= 0.3 is 0 Å². The third kappa shape index (κ3) is 4.75. The quantitative estimate of drug-likeness (QED) is 0.307. The number of allylic oxidation sites excluding steroid dienone is 1. The summed E-state index contributed by atoms with van der Waals surface area (Å²) >= 11 is 5.84. The van der Waals surface area contributed by atoms with Crippen LogP contribution in [-0.4, -0.2) is 27.3 Å². The fourth-order valence-electron chi connectivity index (χ4n) is 4.42. The molecule has 0 radical (unpaired) electrons. The van der Waals surface area contributed by atoms with Crippen molar-refractivity contribution in [1.29, 1.82) is 0 Å². The number of ether oxygens (including phenoxy) is 1. The molecule has 0 amide bonds. The number of rotatable bonds is 7. The van der Waals surface area contributed by atoms with E-state index in [0.29, 0.717) is 23.4 Å². The highest BCUT2D eigenvalue weighted by Crippen LogP contribution is 2.38. The van der Waals surface area contributed by atoms with Crippen molar-refractivity contribution in [3.05, 3.63) is 107 Å². The maximum Gasteiger partial charge on any atom is 0.258 e. The summed E-state index contributed by atoms with van der Waals surface area (Å²) in [5, 5.41) is 8.48. The number of thiocarbonyl (C=S) groups is 1. The lowest BCUT2D eigenvalue weighted by Gasteiger charge is -2.37. The average molecular weight is 497 g/mol. The molecule has 0 bridgehead atoms. The highest BCUT2D eigenvalue weighted by Gasteiger charge is 2.34. The van der Waals surface area contributed by atoms with Gasteiger partial charge in [-0.25, -0.2) is 0 Å². The summed E-state index contributed by atoms with van der Waals surface area (Å²) < 4.78 is 11.2. The van der Waals surface area contributed by atoms with Crippen molar-refractivity contribution in [2.24, 2.45) is 0 Å². The lowest BCUT2D eigenvalue weighted by Crippen LogP contribution is -2.45. The van der Waals surface area contributed by atoms with E-state index in [2.05, 4.69) is 65.6 Å². The number of hydrogen-bond donors (Lipinski definition) is 1. The molecule has 1 atom stereocenters. The van der Waals surface area contributed by atoms with Crippen LogP contribution in [0.3, 0.4) is 0 Å². The van der Waals surface area contributed by atoms with Gasteiger partial charge in [-0.1, -0.05) is 78.8 Å². The lowest BCUT2D eigenvalue weighted by molar-refractivity contribution is 0.396. The van der Waals surface area contributed by atoms with E-state index in [1.807, 2.05) is 42.5 Å². The molecule has 0 aliphatic carbocycles. The Morgan fingerprint density at radius 1 is 1.00 bits per heavy atom. The zero-order valence-electron chi connectivity index (χ0n) is 20.6. The molecule has 1 N–H and O–H groups in total. The Morgan fingerprint density at radius 2 is 1.75 bits per heavy atom. The minimum atomic E-state index is -0.212. The van der Waals surface area contributed by atoms with Gasteiger partial charge < -0.3 is 19.5 Å². The van der Waals surface area contributed by atoms with Crippen LogP contribution in [0.15, 0.2) is 89.1 Å². The van der Waals surface area contributed by atoms with Gasteiger partial charge in [0.05, 0.1) is 18.7 Å². The molecule has 3 aromatic carbocycles. The van der Waals surface area contributed by atoms with E-state index < -0.39 is 0 Å². The second-order valence-electron chi connectivity index (χ2n) is 8.70. The molecule has 2 heterocycles. The van der Waals surface area contributed by atoms with Crippen LogP contribution < -0.4 is 10.1 Å². The Labute approximate surface area is 216 Å². The Bertz CT molecular complexity index is 1400. The van der Waals surface area contributed by atoms with Gasteiger partial charge in [0.1, 0.15) is 5.75 Å². The van der Waals surface area contributed by atoms with Gasteiger partial charge in [0.2, 0.25) is 5.82 Å². The third-order valence-corrected chi connectivity index (χ3v) is 6.82. The van der Waals surface area contributed by atoms with Crippen LogP contribution in [0.5, 0.6) is 5.75 Å². The van der Waals surface area contributed by atoms with E-state index in [0.717, 1.165) is 34.6 Å². The van der Waals surface area contributed by atoms with Gasteiger partial charge in [0.25, 0.3) is 5.89 Å². The molecule has 4 aromatic rings. The molecule has 0 saturated carbocycles. The zero-order chi connectivity index (χ0) is 25.1. The Morgan fingerprint density at radius 3 is 2.47 bits per heavy atom. The van der Waals surface area contributed by atoms with E-state index >= 15 is 0 Å². The van der Waals surface area contributed by atoms with Crippen molar-refractivity contribution in [3.63, 3.8) is 0 Å². The van der Waals surface area contributed by atoms with Crippen molar-refractivity contribution in [2.75, 3.05) is 7.11 Å². The van der Waals surface area contributed by atoms with E-state index in [9.17, 15) is 0 Å². The summed E-state index contributed by atoms with van der Waals surface area (Å²) in [6.45, 7) is 4.86. The molecule has 0 saturated heterocycles. The van der Waals surface area contributed by atoms with Gasteiger partial charge in [-0.05, 0) is 54.4 Å². The van der Waals surface area contributed by atoms with Crippen LogP contribution in [0.4, 0.5) is 0 Å². The van der Waals surface area contributed by atoms with E-state index in [-0.39, 0.29) is 6.04 Å². The van der Waals surface area contributed by atoms with E-state index in [4.69, 9.17) is 26.5 Å². The summed E-state index contributed by atoms with van der Waals surface area (Å²) in [7, 11) is 1.64. The number of aryl methyl sites for hydroxylation is 1. The van der Waals surface area contributed by atoms with E-state index in [1.54, 1.807) is 7.11 Å². The van der Waals surface area contributed by atoms with Crippen molar-refractivity contribution in [2.45, 2.75) is 32.9 Å². The summed E-state index contributed by atoms with van der Waals surface area (Å²) in [5.74, 6) is 1.70. The predicted molar refractivity (Wildman–Crippen MR) is 145 cm³/mol. The van der Waals surface area contributed by atoms with E-state index in [1.165, 1.54) is 11.1 Å². The highest BCUT2D eigenvalue weighted by atomic mass is 32.1. The van der Waals surface area contributed by atoms with Crippen LogP contribution in [0.2, 0.25) is 0 Å². The smallest absolute Gasteiger partial charge is 0.258 e. The Hall–Kier alpha value is -3.97. The Balaban J connectivity index is 1.56. The number of hydrogen-bond acceptors (Lipinski definition) is 5. The van der Waals surface area contributed by atoms with Crippen LogP contribution >= 0.6 is 12.2 Å². The van der Waals surface area contributed by atoms with Crippen LogP contribution in [0.1, 0.15) is 42.5 Å². The van der Waals surface area contributed by atoms with Gasteiger partial charge in [-0.2, -0.15) is 4.98 Å². The summed E-state index contributed by atoms with van der Waals surface area (Å²) in [4.78, 5) is 6.89. The molecule has 6 nitrogen and oxygen atoms in total. The van der Waals surface area contributed by atoms with Crippen LogP contribution in [0.25, 0.3) is 17.0 Å². The monoisotopic (exact) mass is 496 g/mol. The maximum absolute atomic E-state index is 5.85. The van der Waals surface area contributed by atoms with Crippen molar-refractivity contribution < 1.29 is 9.26 Å². The molecule has 182 valence electrons. The molecule has 0 fully saturated rings. The number of aromatic nitrogens is 2. The molecule has 7 heteroatoms. The lowest BCUT2D eigenvalue weighted by atomic mass is 9.94. The van der Waals surface area contributed by atoms with Crippen LogP contribution in [0, 0.1) is 0 Å². The molecule has 1 aromatic heterocycles. The molecule has 1 unspecified atom stereocenters. The first-order valence-corrected chi connectivity index (χ1v) is 12.4. The summed E-state index contributed by atoms with van der Waals surface area (Å²) in [5.41, 5.74) is 6.27. The normalized spacial score (nSPS) is 15.7. The molecule has 36 heavy (non-hydrogen) atoms. The molecule has 0 spiro atoms. The predicted octanol–water partition coefficient (Wildman–Crippen LogP) is 6.17. The van der Waals surface area contributed by atoms with Gasteiger partial charge in [-0.15, -0.1) is 0 Å². The summed E-state index contributed by atoms with van der Waals surface area (Å²) in [6, 6.07) is 26.3. The largest absolute Gasteiger partial charge is 0.497 e. The Kier molecular flexibility index (Phi) is 6.82. The van der Waals surface area contributed by atoms with Crippen molar-refractivity contribution >= 4 is 22.9 Å². The highest BCUT2D eigenvalue weighted by molar-refractivity contribution is 7.80. The second kappa shape index (κ2) is 10.3. The number of nitrogens with one attached hydrogen (secondary N) is 1. The fourth-order valence-corrected chi connectivity index (χ4v) is 4.74. The first kappa shape index (κ1) is 23.8. The molecule has 5 rings (SSSR count). The summed E-state index contributed by atoms with van der Waals surface area (Å²) in [6.07, 6.45) is 1.01. The first-order valence-electron chi connectivity index (χ1n) is 12.0. The fraction of sp³-hybridized carbons (Fsp3) is 0.207. The van der Waals surface area contributed by atoms with Gasteiger partial charge in [0, 0.05) is 17.8 Å². The molecule has 1 aliphatic rings. The maximum atomic E-state index is 5.85. The molecular formula is C29H28N4O2S. The van der Waals surface area contributed by atoms with Gasteiger partial charge in [0.15, 0.2) is 5.11 Å². The zero-order valence-corrected chi connectivity index (χ0v) is 21.4. The van der Waals surface area contributed by atoms with Crippen LogP contribution in [-0.2, 0) is 13.0 Å².